The standard InChI is InChI=1S/C13H17FN2O4/c1-8(2)9(3)15-13(17)7-20-12-5-4-10(16(18)19)6-11(12)14/h4-6,8-9H,7H2,1-3H3,(H,15,17)/t9-/m0/s1. The minimum absolute atomic E-state index is 0.0205. The first kappa shape index (κ1) is 15.9. The first-order valence-corrected chi connectivity index (χ1v) is 6.17. The van der Waals surface area contributed by atoms with Crippen molar-refractivity contribution in [3.8, 4) is 5.75 Å². The number of benzene rings is 1. The largest absolute Gasteiger partial charge is 0.481 e. The van der Waals surface area contributed by atoms with Gasteiger partial charge in [0.15, 0.2) is 18.2 Å². The van der Waals surface area contributed by atoms with Crippen LogP contribution in [-0.2, 0) is 4.79 Å². The van der Waals surface area contributed by atoms with E-state index in [2.05, 4.69) is 5.32 Å². The fourth-order valence-corrected chi connectivity index (χ4v) is 1.33. The fraction of sp³-hybridized carbons (Fsp3) is 0.462. The summed E-state index contributed by atoms with van der Waals surface area (Å²) >= 11 is 0. The number of ether oxygens (including phenoxy) is 1. The van der Waals surface area contributed by atoms with Crippen molar-refractivity contribution >= 4 is 11.6 Å². The van der Waals surface area contributed by atoms with Crippen LogP contribution in [0.5, 0.6) is 5.75 Å². The van der Waals surface area contributed by atoms with Crippen molar-refractivity contribution in [3.63, 3.8) is 0 Å². The van der Waals surface area contributed by atoms with E-state index in [1.165, 1.54) is 0 Å². The van der Waals surface area contributed by atoms with Crippen LogP contribution in [0.4, 0.5) is 10.1 Å². The summed E-state index contributed by atoms with van der Waals surface area (Å²) < 4.78 is 18.5. The molecule has 20 heavy (non-hydrogen) atoms. The van der Waals surface area contributed by atoms with Crippen LogP contribution in [0.1, 0.15) is 20.8 Å². The molecule has 1 aromatic carbocycles. The van der Waals surface area contributed by atoms with Crippen LogP contribution in [0.25, 0.3) is 0 Å². The molecule has 0 unspecified atom stereocenters. The molecule has 110 valence electrons. The number of halogens is 1. The second-order valence-electron chi connectivity index (χ2n) is 4.76. The number of rotatable bonds is 6. The number of nitrogens with zero attached hydrogens (tertiary/aromatic N) is 1. The number of nitro benzene ring substituents is 1. The second-order valence-corrected chi connectivity index (χ2v) is 4.76. The van der Waals surface area contributed by atoms with Crippen molar-refractivity contribution in [2.45, 2.75) is 26.8 Å². The predicted octanol–water partition coefficient (Wildman–Crippen LogP) is 2.27. The minimum atomic E-state index is -0.871. The number of non-ortho nitro benzene ring substituents is 1. The summed E-state index contributed by atoms with van der Waals surface area (Å²) in [5.74, 6) is -1.16. The zero-order valence-corrected chi connectivity index (χ0v) is 11.6. The van der Waals surface area contributed by atoms with Gasteiger partial charge in [-0.2, -0.15) is 0 Å². The quantitative estimate of drug-likeness (QED) is 0.641. The first-order chi connectivity index (χ1) is 9.31. The van der Waals surface area contributed by atoms with Gasteiger partial charge in [0.1, 0.15) is 0 Å². The van der Waals surface area contributed by atoms with Gasteiger partial charge in [-0.15, -0.1) is 0 Å². The van der Waals surface area contributed by atoms with Crippen molar-refractivity contribution in [2.75, 3.05) is 6.61 Å². The number of carbonyl (C=O) groups excluding carboxylic acids is 1. The fourth-order valence-electron chi connectivity index (χ4n) is 1.33. The van der Waals surface area contributed by atoms with E-state index in [0.29, 0.717) is 0 Å². The zero-order valence-electron chi connectivity index (χ0n) is 11.6. The molecule has 0 saturated heterocycles. The summed E-state index contributed by atoms with van der Waals surface area (Å²) in [6, 6.07) is 2.98. The molecule has 1 rings (SSSR count). The van der Waals surface area contributed by atoms with Crippen LogP contribution in [0, 0.1) is 21.8 Å². The maximum Gasteiger partial charge on any atom is 0.272 e. The summed E-state index contributed by atoms with van der Waals surface area (Å²) in [4.78, 5) is 21.3. The van der Waals surface area contributed by atoms with Crippen molar-refractivity contribution < 1.29 is 18.8 Å². The third-order valence-electron chi connectivity index (χ3n) is 2.87. The highest BCUT2D eigenvalue weighted by Crippen LogP contribution is 2.22. The smallest absolute Gasteiger partial charge is 0.272 e. The third kappa shape index (κ3) is 4.49. The van der Waals surface area contributed by atoms with Gasteiger partial charge in [-0.3, -0.25) is 14.9 Å². The van der Waals surface area contributed by atoms with Crippen LogP contribution < -0.4 is 10.1 Å². The van der Waals surface area contributed by atoms with Gasteiger partial charge in [0.05, 0.1) is 11.0 Å². The van der Waals surface area contributed by atoms with Gasteiger partial charge in [-0.1, -0.05) is 13.8 Å². The lowest BCUT2D eigenvalue weighted by molar-refractivity contribution is -0.385. The molecule has 1 N–H and O–H groups in total. The Morgan fingerprint density at radius 1 is 1.45 bits per heavy atom. The Kier molecular flexibility index (Phi) is 5.42. The lowest BCUT2D eigenvalue weighted by Crippen LogP contribution is -2.39. The van der Waals surface area contributed by atoms with E-state index in [1.54, 1.807) is 0 Å². The van der Waals surface area contributed by atoms with Gasteiger partial charge in [0.2, 0.25) is 0 Å². The van der Waals surface area contributed by atoms with E-state index in [9.17, 15) is 19.3 Å². The normalized spacial score (nSPS) is 12.1. The van der Waals surface area contributed by atoms with Crippen molar-refractivity contribution in [2.24, 2.45) is 5.92 Å². The van der Waals surface area contributed by atoms with Gasteiger partial charge < -0.3 is 10.1 Å². The third-order valence-corrected chi connectivity index (χ3v) is 2.87. The van der Waals surface area contributed by atoms with Gasteiger partial charge in [-0.25, -0.2) is 4.39 Å². The lowest BCUT2D eigenvalue weighted by atomic mass is 10.1. The molecule has 0 fully saturated rings. The summed E-state index contributed by atoms with van der Waals surface area (Å²) in [5.41, 5.74) is -0.368. The highest BCUT2D eigenvalue weighted by molar-refractivity contribution is 5.77. The molecular weight excluding hydrogens is 267 g/mol. The van der Waals surface area contributed by atoms with Crippen LogP contribution in [0.3, 0.4) is 0 Å². The molecule has 0 aliphatic carbocycles. The molecule has 0 radical (unpaired) electrons. The Balaban J connectivity index is 2.58. The molecule has 1 atom stereocenters. The first-order valence-electron chi connectivity index (χ1n) is 6.17. The maximum absolute atomic E-state index is 13.5. The highest BCUT2D eigenvalue weighted by Gasteiger charge is 2.14. The second kappa shape index (κ2) is 6.83. The monoisotopic (exact) mass is 284 g/mol. The van der Waals surface area contributed by atoms with Crippen molar-refractivity contribution in [1.82, 2.24) is 5.32 Å². The number of hydrogen-bond donors (Lipinski definition) is 1. The molecule has 0 bridgehead atoms. The molecule has 0 saturated carbocycles. The molecule has 6 nitrogen and oxygen atoms in total. The van der Waals surface area contributed by atoms with Crippen LogP contribution in [0.2, 0.25) is 0 Å². The molecule has 1 aromatic rings. The van der Waals surface area contributed by atoms with Gasteiger partial charge >= 0.3 is 0 Å². The number of amides is 1. The predicted molar refractivity (Wildman–Crippen MR) is 71.0 cm³/mol. The summed E-state index contributed by atoms with van der Waals surface area (Å²) in [5, 5.41) is 13.2. The molecule has 0 aliphatic heterocycles. The van der Waals surface area contributed by atoms with Crippen LogP contribution in [0.15, 0.2) is 18.2 Å². The van der Waals surface area contributed by atoms with E-state index in [0.717, 1.165) is 18.2 Å². The van der Waals surface area contributed by atoms with E-state index in [4.69, 9.17) is 4.74 Å². The summed E-state index contributed by atoms with van der Waals surface area (Å²) in [6.45, 7) is 5.43. The number of carbonyl (C=O) groups is 1. The number of nitro groups is 1. The zero-order chi connectivity index (χ0) is 15.3. The number of hydrogen-bond acceptors (Lipinski definition) is 4. The summed E-state index contributed by atoms with van der Waals surface area (Å²) in [7, 11) is 0. The molecule has 0 heterocycles. The minimum Gasteiger partial charge on any atom is -0.481 e. The Hall–Kier alpha value is -2.18. The average Bonchev–Trinajstić information content (AvgIpc) is 2.36. The van der Waals surface area contributed by atoms with Gasteiger partial charge in [0.25, 0.3) is 11.6 Å². The molecule has 0 spiro atoms. The Morgan fingerprint density at radius 2 is 2.10 bits per heavy atom. The molecule has 0 aliphatic rings. The van der Waals surface area contributed by atoms with E-state index in [1.807, 2.05) is 20.8 Å². The topological polar surface area (TPSA) is 81.5 Å². The molecule has 1 amide bonds. The Labute approximate surface area is 116 Å². The van der Waals surface area contributed by atoms with Crippen LogP contribution in [-0.4, -0.2) is 23.5 Å². The summed E-state index contributed by atoms with van der Waals surface area (Å²) in [6.07, 6.45) is 0. The SMILES string of the molecule is CC(C)[C@H](C)NC(=O)COc1ccc([N+](=O)[O-])cc1F. The van der Waals surface area contributed by atoms with E-state index >= 15 is 0 Å². The lowest BCUT2D eigenvalue weighted by Gasteiger charge is -2.17. The number of nitrogens with one attached hydrogen (secondary N) is 1. The van der Waals surface area contributed by atoms with Gasteiger partial charge in [0, 0.05) is 12.1 Å². The van der Waals surface area contributed by atoms with Crippen molar-refractivity contribution in [3.05, 3.63) is 34.1 Å². The highest BCUT2D eigenvalue weighted by atomic mass is 19.1. The Morgan fingerprint density at radius 3 is 2.60 bits per heavy atom. The van der Waals surface area contributed by atoms with Crippen LogP contribution >= 0.6 is 0 Å². The molecule has 0 aromatic heterocycles. The Bertz CT molecular complexity index is 505. The van der Waals surface area contributed by atoms with E-state index < -0.39 is 10.7 Å². The molecule has 7 heteroatoms. The molecular formula is C13H17FN2O4. The average molecular weight is 284 g/mol. The van der Waals surface area contributed by atoms with Gasteiger partial charge in [-0.05, 0) is 18.9 Å². The van der Waals surface area contributed by atoms with E-state index in [-0.39, 0.29) is 35.9 Å². The van der Waals surface area contributed by atoms with Crippen molar-refractivity contribution in [1.29, 1.82) is 0 Å². The maximum atomic E-state index is 13.5.